The molecule has 0 aromatic carbocycles. The molecule has 0 fully saturated rings. The van der Waals surface area contributed by atoms with Gasteiger partial charge in [0.1, 0.15) is 5.76 Å². The first-order valence-electron chi connectivity index (χ1n) is 6.08. The van der Waals surface area contributed by atoms with Crippen molar-refractivity contribution in [3.8, 4) is 0 Å². The Labute approximate surface area is 114 Å². The average molecular weight is 275 g/mol. The number of unbranched alkanes of at least 4 members (excludes halogenated alkanes) is 1. The summed E-state index contributed by atoms with van der Waals surface area (Å²) in [6.07, 6.45) is 3.98. The van der Waals surface area contributed by atoms with Crippen molar-refractivity contribution in [3.05, 3.63) is 11.8 Å². The summed E-state index contributed by atoms with van der Waals surface area (Å²) < 4.78 is 0. The molecule has 0 amide bonds. The molecule has 0 saturated heterocycles. The lowest BCUT2D eigenvalue weighted by atomic mass is 9.81. The van der Waals surface area contributed by atoms with Crippen molar-refractivity contribution in [2.45, 2.75) is 50.9 Å². The molecule has 0 saturated carbocycles. The largest absolute Gasteiger partial charge is 0.511 e. The Hall–Kier alpha value is -0.495. The summed E-state index contributed by atoms with van der Waals surface area (Å²) in [5.74, 6) is -0.00283. The maximum atomic E-state index is 11.1. The van der Waals surface area contributed by atoms with Crippen molar-refractivity contribution in [2.75, 3.05) is 0 Å². The minimum atomic E-state index is -1.33. The van der Waals surface area contributed by atoms with Gasteiger partial charge < -0.3 is 20.9 Å². The molecule has 104 valence electrons. The number of aliphatic hydroxyl groups excluding tert-OH is 1. The number of carbonyl (C=O) groups excluding carboxylic acids is 1. The van der Waals surface area contributed by atoms with Gasteiger partial charge in [0.25, 0.3) is 0 Å². The van der Waals surface area contributed by atoms with Crippen LogP contribution in [0.25, 0.3) is 0 Å². The third-order valence-corrected chi connectivity index (χ3v) is 2.87. The molecule has 0 rings (SSSR count). The van der Waals surface area contributed by atoms with E-state index in [1.54, 1.807) is 6.08 Å². The van der Waals surface area contributed by atoms with Crippen LogP contribution in [0, 0.1) is 0 Å². The minimum Gasteiger partial charge on any atom is -0.511 e. The molecule has 5 N–H and O–H groups in total. The van der Waals surface area contributed by atoms with Gasteiger partial charge in [-0.25, -0.2) is 0 Å². The summed E-state index contributed by atoms with van der Waals surface area (Å²) in [6.45, 7) is 1.86. The lowest BCUT2D eigenvalue weighted by molar-refractivity contribution is -0.111. The summed E-state index contributed by atoms with van der Waals surface area (Å²) in [4.78, 5) is 11.1. The Morgan fingerprint density at radius 3 is 2.50 bits per heavy atom. The second-order valence-electron chi connectivity index (χ2n) is 4.45. The fourth-order valence-corrected chi connectivity index (χ4v) is 2.02. The van der Waals surface area contributed by atoms with Gasteiger partial charge in [-0.2, -0.15) is 0 Å². The fraction of sp³-hybridized carbons (Fsp3) is 0.727. The van der Waals surface area contributed by atoms with Gasteiger partial charge >= 0.3 is 7.12 Å². The summed E-state index contributed by atoms with van der Waals surface area (Å²) in [5.41, 5.74) is 4.93. The Morgan fingerprint density at radius 2 is 2.06 bits per heavy atom. The second kappa shape index (κ2) is 8.58. The van der Waals surface area contributed by atoms with Crippen molar-refractivity contribution in [1.29, 1.82) is 0 Å². The number of carbonyl (C=O) groups is 1. The van der Waals surface area contributed by atoms with Crippen molar-refractivity contribution >= 4 is 24.9 Å². The molecule has 18 heavy (non-hydrogen) atoms. The van der Waals surface area contributed by atoms with E-state index < -0.39 is 12.7 Å². The maximum absolute atomic E-state index is 11.1. The smallest absolute Gasteiger partial charge is 0.451 e. The van der Waals surface area contributed by atoms with E-state index >= 15 is 0 Å². The van der Waals surface area contributed by atoms with Gasteiger partial charge in [0.15, 0.2) is 5.12 Å². The quantitative estimate of drug-likeness (QED) is 0.187. The van der Waals surface area contributed by atoms with Crippen LogP contribution in [0.3, 0.4) is 0 Å². The van der Waals surface area contributed by atoms with Gasteiger partial charge in [-0.05, 0) is 25.2 Å². The molecule has 0 bridgehead atoms. The van der Waals surface area contributed by atoms with Crippen LogP contribution in [0.15, 0.2) is 11.8 Å². The maximum Gasteiger partial charge on any atom is 0.451 e. The summed E-state index contributed by atoms with van der Waals surface area (Å²) in [7, 11) is -1.33. The highest BCUT2D eigenvalue weighted by molar-refractivity contribution is 7.96. The van der Waals surface area contributed by atoms with Crippen LogP contribution < -0.4 is 5.73 Å². The zero-order chi connectivity index (χ0) is 14.2. The second-order valence-corrected chi connectivity index (χ2v) is 4.95. The van der Waals surface area contributed by atoms with Gasteiger partial charge in [-0.3, -0.25) is 4.79 Å². The topological polar surface area (TPSA) is 104 Å². The van der Waals surface area contributed by atoms with E-state index in [-0.39, 0.29) is 23.6 Å². The Morgan fingerprint density at radius 1 is 1.44 bits per heavy atom. The lowest BCUT2D eigenvalue weighted by Crippen LogP contribution is -2.43. The van der Waals surface area contributed by atoms with E-state index in [1.165, 1.54) is 0 Å². The number of nitrogens with two attached hydrogens (primary N) is 1. The van der Waals surface area contributed by atoms with Crippen LogP contribution in [0.5, 0.6) is 0 Å². The summed E-state index contributed by atoms with van der Waals surface area (Å²) >= 11 is 3.69. The van der Waals surface area contributed by atoms with Gasteiger partial charge in [0, 0.05) is 6.42 Å². The molecule has 0 aliphatic carbocycles. The van der Waals surface area contributed by atoms with Crippen molar-refractivity contribution in [1.82, 2.24) is 0 Å². The Kier molecular flexibility index (Phi) is 8.34. The van der Waals surface area contributed by atoms with E-state index in [4.69, 9.17) is 15.8 Å². The zero-order valence-electron chi connectivity index (χ0n) is 10.7. The molecule has 0 spiro atoms. The SMILES string of the molecule is CC/C=C(/O)C(N)(CCCCB(O)O)CC(=O)S. The number of thiol groups is 1. The number of hydrogen-bond acceptors (Lipinski definition) is 5. The van der Waals surface area contributed by atoms with Crippen LogP contribution in [0.2, 0.25) is 6.32 Å². The van der Waals surface area contributed by atoms with Crippen molar-refractivity contribution < 1.29 is 19.9 Å². The molecular formula is C11H22BNO4S. The highest BCUT2D eigenvalue weighted by Crippen LogP contribution is 2.25. The monoisotopic (exact) mass is 275 g/mol. The number of rotatable bonds is 9. The summed E-state index contributed by atoms with van der Waals surface area (Å²) in [6, 6.07) is 0. The molecule has 5 nitrogen and oxygen atoms in total. The zero-order valence-corrected chi connectivity index (χ0v) is 11.6. The van der Waals surface area contributed by atoms with Crippen LogP contribution in [-0.4, -0.2) is 32.9 Å². The molecule has 0 heterocycles. The predicted molar refractivity (Wildman–Crippen MR) is 75.4 cm³/mol. The molecule has 1 unspecified atom stereocenters. The molecule has 0 aliphatic heterocycles. The molecule has 0 radical (unpaired) electrons. The lowest BCUT2D eigenvalue weighted by Gasteiger charge is -2.27. The van der Waals surface area contributed by atoms with Crippen molar-refractivity contribution in [2.24, 2.45) is 5.73 Å². The Balaban J connectivity index is 4.48. The third-order valence-electron chi connectivity index (χ3n) is 2.71. The molecule has 0 aromatic rings. The molecule has 0 aliphatic rings. The first kappa shape index (κ1) is 17.5. The standard InChI is InChI=1S/C11H22BNO4S/c1-2-5-9(14)11(13,8-10(15)18)6-3-4-7-12(16)17/h5,14,16-17H,2-4,6-8,13H2,1H3,(H,15,18)/b9-5+. The van der Waals surface area contributed by atoms with Crippen LogP contribution in [0.4, 0.5) is 0 Å². The van der Waals surface area contributed by atoms with E-state index in [9.17, 15) is 9.90 Å². The third kappa shape index (κ3) is 7.05. The van der Waals surface area contributed by atoms with E-state index in [2.05, 4.69) is 12.6 Å². The average Bonchev–Trinajstić information content (AvgIpc) is 2.23. The van der Waals surface area contributed by atoms with Crippen LogP contribution >= 0.6 is 12.6 Å². The highest BCUT2D eigenvalue weighted by atomic mass is 32.1. The van der Waals surface area contributed by atoms with E-state index in [0.29, 0.717) is 25.7 Å². The van der Waals surface area contributed by atoms with Crippen LogP contribution in [-0.2, 0) is 4.79 Å². The van der Waals surface area contributed by atoms with E-state index in [0.717, 1.165) is 0 Å². The van der Waals surface area contributed by atoms with Crippen LogP contribution in [0.1, 0.15) is 39.0 Å². The summed E-state index contributed by atoms with van der Waals surface area (Å²) in [5, 5.41) is 26.9. The molecule has 0 aromatic heterocycles. The van der Waals surface area contributed by atoms with E-state index in [1.807, 2.05) is 6.92 Å². The van der Waals surface area contributed by atoms with Gasteiger partial charge in [-0.15, -0.1) is 12.6 Å². The first-order valence-corrected chi connectivity index (χ1v) is 6.53. The molecule has 1 atom stereocenters. The van der Waals surface area contributed by atoms with Gasteiger partial charge in [0.2, 0.25) is 0 Å². The molecule has 7 heteroatoms. The Bertz CT molecular complexity index is 299. The fourth-order valence-electron chi connectivity index (χ4n) is 1.74. The highest BCUT2D eigenvalue weighted by Gasteiger charge is 2.31. The minimum absolute atomic E-state index is 0.00283. The normalized spacial score (nSPS) is 15.3. The predicted octanol–water partition coefficient (Wildman–Crippen LogP) is 1.03. The first-order chi connectivity index (χ1) is 8.31. The number of hydrogen-bond donors (Lipinski definition) is 5. The van der Waals surface area contributed by atoms with Crippen molar-refractivity contribution in [3.63, 3.8) is 0 Å². The molecular weight excluding hydrogens is 253 g/mol. The van der Waals surface area contributed by atoms with Gasteiger partial charge in [0.05, 0.1) is 5.54 Å². The van der Waals surface area contributed by atoms with Gasteiger partial charge in [-0.1, -0.05) is 19.8 Å². The number of allylic oxidation sites excluding steroid dienone is 1. The number of aliphatic hydroxyl groups is 1.